The van der Waals surface area contributed by atoms with E-state index < -0.39 is 0 Å². The zero-order valence-corrected chi connectivity index (χ0v) is 19.5. The lowest BCUT2D eigenvalue weighted by Gasteiger charge is -2.15. The van der Waals surface area contributed by atoms with E-state index in [2.05, 4.69) is 76.5 Å². The lowest BCUT2D eigenvalue weighted by Crippen LogP contribution is -2.02. The first-order chi connectivity index (χ1) is 18.4. The predicted octanol–water partition coefficient (Wildman–Crippen LogP) is 5.65. The summed E-state index contributed by atoms with van der Waals surface area (Å²) in [5, 5.41) is 4.26. The number of hydrogen-bond acceptors (Lipinski definition) is 5. The van der Waals surface area contributed by atoms with Crippen LogP contribution in [0.2, 0.25) is 0 Å². The zero-order valence-electron chi connectivity index (χ0n) is 19.5. The fourth-order valence-electron chi connectivity index (χ4n) is 5.37. The lowest BCUT2D eigenvalue weighted by atomic mass is 10.2. The van der Waals surface area contributed by atoms with Crippen molar-refractivity contribution in [3.05, 3.63) is 111 Å². The molecule has 8 rings (SSSR count). The Bertz CT molecular complexity index is 1860. The van der Waals surface area contributed by atoms with Gasteiger partial charge in [-0.05, 0) is 42.5 Å². The van der Waals surface area contributed by atoms with Crippen LogP contribution in [-0.2, 0) is 0 Å². The second-order valence-corrected chi connectivity index (χ2v) is 8.92. The Morgan fingerprint density at radius 2 is 0.838 bits per heavy atom. The molecular formula is C29H18N8. The minimum Gasteiger partial charge on any atom is -0.309 e. The fourth-order valence-corrected chi connectivity index (χ4v) is 5.37. The Morgan fingerprint density at radius 1 is 0.432 bits per heavy atom. The molecule has 1 aromatic carbocycles. The van der Waals surface area contributed by atoms with Crippen LogP contribution in [0.4, 0.5) is 0 Å². The molecule has 37 heavy (non-hydrogen) atoms. The molecule has 0 fully saturated rings. The highest BCUT2D eigenvalue weighted by molar-refractivity contribution is 6.09. The van der Waals surface area contributed by atoms with Crippen LogP contribution in [0.25, 0.3) is 60.7 Å². The molecule has 8 aromatic rings. The quantitative estimate of drug-likeness (QED) is 0.328. The van der Waals surface area contributed by atoms with Gasteiger partial charge in [-0.1, -0.05) is 0 Å². The van der Waals surface area contributed by atoms with Crippen molar-refractivity contribution in [2.75, 3.05) is 0 Å². The van der Waals surface area contributed by atoms with Crippen LogP contribution in [0.15, 0.2) is 111 Å². The van der Waals surface area contributed by atoms with E-state index in [1.807, 2.05) is 66.7 Å². The highest BCUT2D eigenvalue weighted by Gasteiger charge is 2.17. The van der Waals surface area contributed by atoms with E-state index in [9.17, 15) is 0 Å². The van der Waals surface area contributed by atoms with E-state index in [-0.39, 0.29) is 0 Å². The number of nitrogens with zero attached hydrogens (tertiary/aromatic N) is 8. The second-order valence-electron chi connectivity index (χ2n) is 8.92. The minimum atomic E-state index is 1.00. The Kier molecular flexibility index (Phi) is 4.06. The van der Waals surface area contributed by atoms with Crippen molar-refractivity contribution in [2.24, 2.45) is 0 Å². The van der Waals surface area contributed by atoms with Crippen molar-refractivity contribution in [1.82, 2.24) is 38.6 Å². The predicted molar refractivity (Wildman–Crippen MR) is 143 cm³/mol. The molecule has 0 unspecified atom stereocenters. The molecule has 7 heterocycles. The third kappa shape index (κ3) is 2.86. The summed E-state index contributed by atoms with van der Waals surface area (Å²) >= 11 is 0. The van der Waals surface area contributed by atoms with Crippen LogP contribution in [0, 0.1) is 0 Å². The molecule has 7 aromatic heterocycles. The van der Waals surface area contributed by atoms with Gasteiger partial charge in [0.25, 0.3) is 0 Å². The van der Waals surface area contributed by atoms with Crippen molar-refractivity contribution in [3.8, 4) is 17.1 Å². The van der Waals surface area contributed by atoms with Crippen LogP contribution in [0.3, 0.4) is 0 Å². The van der Waals surface area contributed by atoms with Gasteiger partial charge in [0.15, 0.2) is 0 Å². The molecule has 0 aliphatic carbocycles. The monoisotopic (exact) mass is 478 g/mol. The Labute approximate surface area is 210 Å². The molecule has 0 spiro atoms. The van der Waals surface area contributed by atoms with Gasteiger partial charge in [-0.2, -0.15) is 0 Å². The van der Waals surface area contributed by atoms with Crippen molar-refractivity contribution in [1.29, 1.82) is 0 Å². The molecule has 0 amide bonds. The van der Waals surface area contributed by atoms with E-state index in [1.54, 1.807) is 6.20 Å². The summed E-state index contributed by atoms with van der Waals surface area (Å²) < 4.78 is 6.57. The largest absolute Gasteiger partial charge is 0.309 e. The first kappa shape index (κ1) is 19.9. The summed E-state index contributed by atoms with van der Waals surface area (Å²) in [4.78, 5) is 21.8. The third-order valence-corrected chi connectivity index (χ3v) is 6.94. The van der Waals surface area contributed by atoms with Crippen LogP contribution in [-0.4, -0.2) is 38.6 Å². The summed E-state index contributed by atoms with van der Waals surface area (Å²) in [6, 6.07) is 14.8. The zero-order chi connectivity index (χ0) is 24.3. The van der Waals surface area contributed by atoms with Gasteiger partial charge in [-0.25, -0.2) is 4.98 Å². The average molecular weight is 479 g/mol. The smallest absolute Gasteiger partial charge is 0.0991 e. The molecule has 0 radical (unpaired) electrons. The standard InChI is InChI=1S/C29H18N8/c1-5-30-14-22-23-15-31-6-2-27(23)36(26(1)22)20-11-19(35-10-9-34-18-35)12-21(13-20)37-28-3-7-32-16-24(28)25-17-33-8-4-29(25)37/h1-18H. The summed E-state index contributed by atoms with van der Waals surface area (Å²) in [5.41, 5.74) is 7.34. The van der Waals surface area contributed by atoms with E-state index in [4.69, 9.17) is 0 Å². The molecular weight excluding hydrogens is 460 g/mol. The number of pyridine rings is 4. The van der Waals surface area contributed by atoms with E-state index in [1.165, 1.54) is 0 Å². The Hall–Kier alpha value is -5.37. The first-order valence-electron chi connectivity index (χ1n) is 11.9. The van der Waals surface area contributed by atoms with Gasteiger partial charge in [-0.15, -0.1) is 0 Å². The molecule has 0 N–H and O–H groups in total. The van der Waals surface area contributed by atoms with Crippen LogP contribution in [0.1, 0.15) is 0 Å². The number of fused-ring (bicyclic) bond motifs is 6. The van der Waals surface area contributed by atoms with E-state index in [0.29, 0.717) is 0 Å². The van der Waals surface area contributed by atoms with E-state index >= 15 is 0 Å². The van der Waals surface area contributed by atoms with Crippen LogP contribution in [0.5, 0.6) is 0 Å². The highest BCUT2D eigenvalue weighted by atomic mass is 15.1. The highest BCUT2D eigenvalue weighted by Crippen LogP contribution is 2.35. The Morgan fingerprint density at radius 3 is 1.22 bits per heavy atom. The molecule has 0 aliphatic heterocycles. The summed E-state index contributed by atoms with van der Waals surface area (Å²) in [7, 11) is 0. The summed E-state index contributed by atoms with van der Waals surface area (Å²) in [5.74, 6) is 0. The van der Waals surface area contributed by atoms with Crippen molar-refractivity contribution < 1.29 is 0 Å². The maximum absolute atomic E-state index is 4.39. The number of benzene rings is 1. The maximum atomic E-state index is 4.39. The van der Waals surface area contributed by atoms with Crippen molar-refractivity contribution >= 4 is 43.6 Å². The molecule has 174 valence electrons. The van der Waals surface area contributed by atoms with E-state index in [0.717, 1.165) is 60.7 Å². The van der Waals surface area contributed by atoms with Gasteiger partial charge in [0.1, 0.15) is 0 Å². The van der Waals surface area contributed by atoms with Crippen LogP contribution < -0.4 is 0 Å². The topological polar surface area (TPSA) is 79.2 Å². The number of imidazole rings is 1. The molecule has 0 saturated carbocycles. The van der Waals surface area contributed by atoms with Crippen LogP contribution >= 0.6 is 0 Å². The van der Waals surface area contributed by atoms with Gasteiger partial charge in [0, 0.05) is 83.5 Å². The number of rotatable bonds is 3. The molecule has 0 aliphatic rings. The Balaban J connectivity index is 1.51. The molecule has 0 bridgehead atoms. The third-order valence-electron chi connectivity index (χ3n) is 6.94. The molecule has 8 nitrogen and oxygen atoms in total. The number of aromatic nitrogens is 8. The molecule has 0 atom stereocenters. The molecule has 8 heteroatoms. The van der Waals surface area contributed by atoms with Gasteiger partial charge in [0.2, 0.25) is 0 Å². The minimum absolute atomic E-state index is 1.00. The molecule has 0 saturated heterocycles. The first-order valence-corrected chi connectivity index (χ1v) is 11.9. The maximum Gasteiger partial charge on any atom is 0.0991 e. The SMILES string of the molecule is c1cc2c(cn1)c1cnccc1n2-c1cc(-n2ccnc2)cc(-n2c3ccncc3c3cnccc32)c1. The number of hydrogen-bond donors (Lipinski definition) is 0. The van der Waals surface area contributed by atoms with Crippen molar-refractivity contribution in [2.45, 2.75) is 0 Å². The fraction of sp³-hybridized carbons (Fsp3) is 0. The lowest BCUT2D eigenvalue weighted by molar-refractivity contribution is 1.03. The summed E-state index contributed by atoms with van der Waals surface area (Å²) in [6.45, 7) is 0. The average Bonchev–Trinajstić information content (AvgIpc) is 3.68. The van der Waals surface area contributed by atoms with Gasteiger partial charge in [0.05, 0.1) is 45.5 Å². The van der Waals surface area contributed by atoms with Gasteiger partial charge >= 0.3 is 0 Å². The second kappa shape index (κ2) is 7.56. The van der Waals surface area contributed by atoms with Gasteiger partial charge < -0.3 is 13.7 Å². The normalized spacial score (nSPS) is 11.8. The summed E-state index contributed by atoms with van der Waals surface area (Å²) in [6.07, 6.45) is 20.5. The van der Waals surface area contributed by atoms with Crippen molar-refractivity contribution in [3.63, 3.8) is 0 Å². The van der Waals surface area contributed by atoms with Gasteiger partial charge in [-0.3, -0.25) is 19.9 Å².